The molecular weight excluding hydrogens is 254 g/mol. The Kier molecular flexibility index (Phi) is 4.83. The number of rotatable bonds is 6. The molecule has 0 aromatic carbocycles. The molecule has 1 heterocycles. The third-order valence-corrected chi connectivity index (χ3v) is 1.96. The van der Waals surface area contributed by atoms with E-state index in [1.807, 2.05) is 0 Å². The van der Waals surface area contributed by atoms with Gasteiger partial charge in [-0.05, 0) is 20.0 Å². The van der Waals surface area contributed by atoms with E-state index in [0.29, 0.717) is 17.9 Å². The van der Waals surface area contributed by atoms with E-state index in [0.717, 1.165) is 0 Å². The molecule has 1 aromatic rings. The van der Waals surface area contributed by atoms with Crippen molar-refractivity contribution in [3.05, 3.63) is 17.5 Å². The minimum absolute atomic E-state index is 0.333. The Morgan fingerprint density at radius 2 is 2.06 bits per heavy atom. The van der Waals surface area contributed by atoms with Gasteiger partial charge in [-0.25, -0.2) is 13.8 Å². The fourth-order valence-electron chi connectivity index (χ4n) is 1.16. The molecular formula is C10H13F4N3O. The van der Waals surface area contributed by atoms with Crippen LogP contribution in [-0.2, 0) is 6.54 Å². The van der Waals surface area contributed by atoms with Gasteiger partial charge in [0.25, 0.3) is 0 Å². The van der Waals surface area contributed by atoms with Crippen LogP contribution in [0.5, 0.6) is 6.01 Å². The lowest BCUT2D eigenvalue weighted by Crippen LogP contribution is -2.34. The number of hydrogen-bond acceptors (Lipinski definition) is 4. The smallest absolute Gasteiger partial charge is 0.340 e. The molecule has 0 aliphatic carbocycles. The van der Waals surface area contributed by atoms with Gasteiger partial charge in [0.1, 0.15) is 0 Å². The van der Waals surface area contributed by atoms with Crippen molar-refractivity contribution in [2.24, 2.45) is 0 Å². The van der Waals surface area contributed by atoms with E-state index in [1.54, 1.807) is 20.0 Å². The Morgan fingerprint density at radius 1 is 1.39 bits per heavy atom. The highest BCUT2D eigenvalue weighted by molar-refractivity contribution is 5.12. The van der Waals surface area contributed by atoms with Gasteiger partial charge in [0, 0.05) is 12.2 Å². The zero-order chi connectivity index (χ0) is 13.8. The van der Waals surface area contributed by atoms with E-state index < -0.39 is 19.0 Å². The number of aryl methyl sites for hydroxylation is 1. The Labute approximate surface area is 101 Å². The van der Waals surface area contributed by atoms with Gasteiger partial charge in [-0.2, -0.15) is 13.8 Å². The second-order valence-electron chi connectivity index (χ2n) is 3.66. The molecule has 1 aromatic heterocycles. The Bertz CT molecular complexity index is 401. The van der Waals surface area contributed by atoms with Gasteiger partial charge in [0.2, 0.25) is 0 Å². The number of alkyl halides is 4. The van der Waals surface area contributed by atoms with E-state index in [4.69, 9.17) is 0 Å². The molecule has 0 aliphatic heterocycles. The summed E-state index contributed by atoms with van der Waals surface area (Å²) in [6.45, 7) is 0.566. The van der Waals surface area contributed by atoms with Crippen molar-refractivity contribution in [3.8, 4) is 6.01 Å². The quantitative estimate of drug-likeness (QED) is 0.798. The van der Waals surface area contributed by atoms with Crippen LogP contribution < -0.4 is 10.1 Å². The zero-order valence-electron chi connectivity index (χ0n) is 9.88. The molecule has 0 aliphatic rings. The fourth-order valence-corrected chi connectivity index (χ4v) is 1.16. The third-order valence-electron chi connectivity index (χ3n) is 1.96. The van der Waals surface area contributed by atoms with Gasteiger partial charge < -0.3 is 10.1 Å². The lowest BCUT2D eigenvalue weighted by Gasteiger charge is -2.15. The number of aromatic nitrogens is 2. The van der Waals surface area contributed by atoms with Gasteiger partial charge in [-0.1, -0.05) is 0 Å². The van der Waals surface area contributed by atoms with Gasteiger partial charge in [0.15, 0.2) is 6.61 Å². The first-order valence-electron chi connectivity index (χ1n) is 5.13. The highest BCUT2D eigenvalue weighted by Crippen LogP contribution is 2.23. The van der Waals surface area contributed by atoms with Gasteiger partial charge in [-0.15, -0.1) is 0 Å². The number of ether oxygens (including phenoxy) is 1. The topological polar surface area (TPSA) is 47.0 Å². The number of halogens is 4. The summed E-state index contributed by atoms with van der Waals surface area (Å²) in [5.41, 5.74) is 1.03. The van der Waals surface area contributed by atoms with Crippen molar-refractivity contribution in [3.63, 3.8) is 0 Å². The van der Waals surface area contributed by atoms with E-state index in [9.17, 15) is 17.6 Å². The Morgan fingerprint density at radius 3 is 2.61 bits per heavy atom. The standard InChI is InChI=1S/C10H13F4N3O/c1-6-3-7(4-15-2)17-9(16-6)18-5-10(13,14)8(11)12/h3,8,15H,4-5H2,1-2H3. The lowest BCUT2D eigenvalue weighted by molar-refractivity contribution is -0.149. The number of nitrogens with zero attached hydrogens (tertiary/aromatic N) is 2. The van der Waals surface area contributed by atoms with Crippen molar-refractivity contribution < 1.29 is 22.3 Å². The van der Waals surface area contributed by atoms with Crippen LogP contribution in [0.3, 0.4) is 0 Å². The fraction of sp³-hybridized carbons (Fsp3) is 0.600. The maximum Gasteiger partial charge on any atom is 0.340 e. The van der Waals surface area contributed by atoms with Crippen LogP contribution in [0.2, 0.25) is 0 Å². The first-order chi connectivity index (χ1) is 8.35. The van der Waals surface area contributed by atoms with Crippen molar-refractivity contribution >= 4 is 0 Å². The molecule has 4 nitrogen and oxygen atoms in total. The summed E-state index contributed by atoms with van der Waals surface area (Å²) >= 11 is 0. The second-order valence-corrected chi connectivity index (χ2v) is 3.66. The van der Waals surface area contributed by atoms with Crippen molar-refractivity contribution in [1.82, 2.24) is 15.3 Å². The summed E-state index contributed by atoms with van der Waals surface area (Å²) in [6, 6.07) is 1.30. The van der Waals surface area contributed by atoms with Crippen LogP contribution >= 0.6 is 0 Å². The SMILES string of the molecule is CNCc1cc(C)nc(OCC(F)(F)C(F)F)n1. The maximum absolute atomic E-state index is 12.6. The van der Waals surface area contributed by atoms with Crippen LogP contribution in [-0.4, -0.2) is 36.0 Å². The average molecular weight is 267 g/mol. The lowest BCUT2D eigenvalue weighted by atomic mass is 10.3. The highest BCUT2D eigenvalue weighted by Gasteiger charge is 2.42. The van der Waals surface area contributed by atoms with Crippen LogP contribution in [0, 0.1) is 6.92 Å². The molecule has 0 amide bonds. The summed E-state index contributed by atoms with van der Waals surface area (Å²) in [6.07, 6.45) is -3.78. The molecule has 0 atom stereocenters. The van der Waals surface area contributed by atoms with Crippen molar-refractivity contribution in [2.75, 3.05) is 13.7 Å². The summed E-state index contributed by atoms with van der Waals surface area (Å²) in [7, 11) is 1.68. The first kappa shape index (κ1) is 14.6. The van der Waals surface area contributed by atoms with Crippen molar-refractivity contribution in [1.29, 1.82) is 0 Å². The molecule has 8 heteroatoms. The van der Waals surface area contributed by atoms with Crippen LogP contribution in [0.1, 0.15) is 11.4 Å². The predicted octanol–water partition coefficient (Wildman–Crippen LogP) is 1.78. The molecule has 0 bridgehead atoms. The Hall–Kier alpha value is -1.44. The van der Waals surface area contributed by atoms with Crippen LogP contribution in [0.4, 0.5) is 17.6 Å². The predicted molar refractivity (Wildman–Crippen MR) is 56.0 cm³/mol. The molecule has 102 valence electrons. The monoisotopic (exact) mass is 267 g/mol. The minimum Gasteiger partial charge on any atom is -0.457 e. The Balaban J connectivity index is 2.73. The molecule has 0 spiro atoms. The summed E-state index contributed by atoms with van der Waals surface area (Å²) in [5.74, 6) is -4.21. The largest absolute Gasteiger partial charge is 0.457 e. The van der Waals surface area contributed by atoms with E-state index in [-0.39, 0.29) is 6.01 Å². The summed E-state index contributed by atoms with van der Waals surface area (Å²) < 4.78 is 53.6. The molecule has 1 rings (SSSR count). The molecule has 0 saturated heterocycles. The van der Waals surface area contributed by atoms with E-state index >= 15 is 0 Å². The molecule has 0 saturated carbocycles. The molecule has 0 radical (unpaired) electrons. The maximum atomic E-state index is 12.6. The normalized spacial score (nSPS) is 11.9. The van der Waals surface area contributed by atoms with Gasteiger partial charge in [0.05, 0.1) is 5.69 Å². The highest BCUT2D eigenvalue weighted by atomic mass is 19.3. The first-order valence-corrected chi connectivity index (χ1v) is 5.13. The van der Waals surface area contributed by atoms with E-state index in [1.165, 1.54) is 0 Å². The molecule has 0 fully saturated rings. The number of hydrogen-bond donors (Lipinski definition) is 1. The van der Waals surface area contributed by atoms with Gasteiger partial charge in [-0.3, -0.25) is 0 Å². The summed E-state index contributed by atoms with van der Waals surface area (Å²) in [4.78, 5) is 7.55. The third kappa shape index (κ3) is 4.10. The second kappa shape index (κ2) is 5.94. The molecule has 1 N–H and O–H groups in total. The van der Waals surface area contributed by atoms with Crippen LogP contribution in [0.25, 0.3) is 0 Å². The van der Waals surface area contributed by atoms with Crippen LogP contribution in [0.15, 0.2) is 6.07 Å². The van der Waals surface area contributed by atoms with E-state index in [2.05, 4.69) is 20.0 Å². The van der Waals surface area contributed by atoms with Crippen molar-refractivity contribution in [2.45, 2.75) is 25.8 Å². The van der Waals surface area contributed by atoms with Gasteiger partial charge >= 0.3 is 18.4 Å². The molecule has 0 unspecified atom stereocenters. The molecule has 18 heavy (non-hydrogen) atoms. The number of nitrogens with one attached hydrogen (secondary N) is 1. The minimum atomic E-state index is -4.21. The zero-order valence-corrected chi connectivity index (χ0v) is 9.88. The average Bonchev–Trinajstić information content (AvgIpc) is 2.26. The summed E-state index contributed by atoms with van der Waals surface area (Å²) in [5, 5.41) is 2.82.